The topological polar surface area (TPSA) is 46.9 Å². The second-order valence-corrected chi connectivity index (χ2v) is 8.13. The fourth-order valence-electron chi connectivity index (χ4n) is 3.25. The van der Waals surface area contributed by atoms with Gasteiger partial charge in [0.2, 0.25) is 5.91 Å². The smallest absolute Gasteiger partial charge is 0.230 e. The zero-order valence-corrected chi connectivity index (χ0v) is 17.7. The third-order valence-electron chi connectivity index (χ3n) is 4.85. The standard InChI is InChI=1S/C25H22FN3OS/c26-22-10-12-23(13-11-22)31-18-25(30)27-16-21-4-1-2-5-24(21)20-8-6-19(7-9-20)17-29-15-3-14-28-29/h1-15H,16-18H2,(H,27,30). The van der Waals surface area contributed by atoms with Crippen molar-refractivity contribution in [2.75, 3.05) is 5.75 Å². The van der Waals surface area contributed by atoms with Crippen molar-refractivity contribution < 1.29 is 9.18 Å². The first-order valence-corrected chi connectivity index (χ1v) is 11.0. The van der Waals surface area contributed by atoms with Crippen LogP contribution in [-0.2, 0) is 17.9 Å². The Bertz CT molecular complexity index is 1130. The minimum absolute atomic E-state index is 0.0568. The molecular weight excluding hydrogens is 409 g/mol. The van der Waals surface area contributed by atoms with E-state index in [4.69, 9.17) is 0 Å². The van der Waals surface area contributed by atoms with Crippen molar-refractivity contribution in [2.24, 2.45) is 0 Å². The van der Waals surface area contributed by atoms with Gasteiger partial charge in [0, 0.05) is 23.8 Å². The third kappa shape index (κ3) is 5.83. The van der Waals surface area contributed by atoms with Gasteiger partial charge in [-0.05, 0) is 52.6 Å². The Balaban J connectivity index is 1.36. The van der Waals surface area contributed by atoms with Crippen LogP contribution in [0, 0.1) is 5.82 Å². The van der Waals surface area contributed by atoms with Gasteiger partial charge in [-0.25, -0.2) is 4.39 Å². The molecule has 0 unspecified atom stereocenters. The van der Waals surface area contributed by atoms with Crippen molar-refractivity contribution in [3.63, 3.8) is 0 Å². The number of rotatable bonds is 8. The van der Waals surface area contributed by atoms with Crippen LogP contribution in [0.15, 0.2) is 96.2 Å². The highest BCUT2D eigenvalue weighted by atomic mass is 32.2. The molecule has 1 heterocycles. The SMILES string of the molecule is O=C(CSc1ccc(F)cc1)NCc1ccccc1-c1ccc(Cn2cccn2)cc1. The van der Waals surface area contributed by atoms with Gasteiger partial charge >= 0.3 is 0 Å². The predicted molar refractivity (Wildman–Crippen MR) is 122 cm³/mol. The van der Waals surface area contributed by atoms with Gasteiger partial charge in [-0.3, -0.25) is 9.48 Å². The minimum atomic E-state index is -0.278. The Hall–Kier alpha value is -3.38. The molecule has 4 aromatic rings. The lowest BCUT2D eigenvalue weighted by molar-refractivity contribution is -0.118. The van der Waals surface area contributed by atoms with Crippen molar-refractivity contribution in [1.29, 1.82) is 0 Å². The molecule has 1 amide bonds. The molecule has 0 aliphatic heterocycles. The minimum Gasteiger partial charge on any atom is -0.351 e. The van der Waals surface area contributed by atoms with E-state index in [1.54, 1.807) is 18.3 Å². The molecule has 1 aromatic heterocycles. The fourth-order valence-corrected chi connectivity index (χ4v) is 3.98. The summed E-state index contributed by atoms with van der Waals surface area (Å²) >= 11 is 1.39. The summed E-state index contributed by atoms with van der Waals surface area (Å²) in [7, 11) is 0. The lowest BCUT2D eigenvalue weighted by Crippen LogP contribution is -2.24. The summed E-state index contributed by atoms with van der Waals surface area (Å²) < 4.78 is 14.9. The molecule has 0 bridgehead atoms. The van der Waals surface area contributed by atoms with Crippen LogP contribution in [0.4, 0.5) is 4.39 Å². The average molecular weight is 432 g/mol. The first kappa shape index (κ1) is 20.9. The van der Waals surface area contributed by atoms with Gasteiger partial charge in [0.25, 0.3) is 0 Å². The van der Waals surface area contributed by atoms with E-state index in [9.17, 15) is 9.18 Å². The summed E-state index contributed by atoms with van der Waals surface area (Å²) in [5.74, 6) is -0.0471. The van der Waals surface area contributed by atoms with Crippen LogP contribution < -0.4 is 5.32 Å². The number of aromatic nitrogens is 2. The molecule has 6 heteroatoms. The molecule has 31 heavy (non-hydrogen) atoms. The van der Waals surface area contributed by atoms with Gasteiger partial charge in [0.1, 0.15) is 5.82 Å². The number of carbonyl (C=O) groups is 1. The van der Waals surface area contributed by atoms with Crippen LogP contribution in [0.3, 0.4) is 0 Å². The van der Waals surface area contributed by atoms with Crippen LogP contribution >= 0.6 is 11.8 Å². The number of hydrogen-bond acceptors (Lipinski definition) is 3. The first-order valence-electron chi connectivity index (χ1n) is 9.97. The Morgan fingerprint density at radius 3 is 2.48 bits per heavy atom. The van der Waals surface area contributed by atoms with E-state index >= 15 is 0 Å². The highest BCUT2D eigenvalue weighted by Gasteiger charge is 2.08. The number of amides is 1. The molecule has 0 saturated heterocycles. The Morgan fingerprint density at radius 1 is 0.968 bits per heavy atom. The van der Waals surface area contributed by atoms with Crippen molar-refractivity contribution in [3.05, 3.63) is 108 Å². The second-order valence-electron chi connectivity index (χ2n) is 7.08. The number of carbonyl (C=O) groups excluding carboxylic acids is 1. The lowest BCUT2D eigenvalue weighted by atomic mass is 9.98. The summed E-state index contributed by atoms with van der Waals surface area (Å²) in [6.45, 7) is 1.19. The van der Waals surface area contributed by atoms with Gasteiger partial charge < -0.3 is 5.32 Å². The number of thioether (sulfide) groups is 1. The normalized spacial score (nSPS) is 10.7. The highest BCUT2D eigenvalue weighted by Crippen LogP contribution is 2.24. The number of nitrogens with one attached hydrogen (secondary N) is 1. The summed E-state index contributed by atoms with van der Waals surface area (Å²) in [4.78, 5) is 13.2. The molecule has 0 aliphatic carbocycles. The van der Waals surface area contributed by atoms with E-state index in [0.29, 0.717) is 6.54 Å². The zero-order chi connectivity index (χ0) is 21.5. The second kappa shape index (κ2) is 10.1. The molecule has 4 rings (SSSR count). The first-order chi connectivity index (χ1) is 15.2. The molecule has 4 nitrogen and oxygen atoms in total. The molecule has 156 valence electrons. The molecule has 0 fully saturated rings. The Morgan fingerprint density at radius 2 is 1.74 bits per heavy atom. The van der Waals surface area contributed by atoms with Gasteiger partial charge in [-0.2, -0.15) is 5.10 Å². The van der Waals surface area contributed by atoms with Crippen LogP contribution in [0.1, 0.15) is 11.1 Å². The van der Waals surface area contributed by atoms with Crippen LogP contribution in [0.2, 0.25) is 0 Å². The average Bonchev–Trinajstić information content (AvgIpc) is 3.31. The largest absolute Gasteiger partial charge is 0.351 e. The predicted octanol–water partition coefficient (Wildman–Crippen LogP) is 5.15. The van der Waals surface area contributed by atoms with Gasteiger partial charge in [0.15, 0.2) is 0 Å². The van der Waals surface area contributed by atoms with Crippen LogP contribution in [-0.4, -0.2) is 21.4 Å². The number of benzene rings is 3. The molecule has 3 aromatic carbocycles. The van der Waals surface area contributed by atoms with Gasteiger partial charge in [-0.15, -0.1) is 11.8 Å². The summed E-state index contributed by atoms with van der Waals surface area (Å²) in [6, 6.07) is 24.6. The van der Waals surface area contributed by atoms with E-state index in [1.807, 2.05) is 35.1 Å². The molecule has 0 radical (unpaired) electrons. The van der Waals surface area contributed by atoms with E-state index in [1.165, 1.54) is 29.5 Å². The van der Waals surface area contributed by atoms with E-state index in [2.05, 4.69) is 40.7 Å². The van der Waals surface area contributed by atoms with Crippen LogP contribution in [0.5, 0.6) is 0 Å². The van der Waals surface area contributed by atoms with Crippen LogP contribution in [0.25, 0.3) is 11.1 Å². The van der Waals surface area contributed by atoms with Gasteiger partial charge in [0.05, 0.1) is 12.3 Å². The Kier molecular flexibility index (Phi) is 6.79. The van der Waals surface area contributed by atoms with E-state index < -0.39 is 0 Å². The zero-order valence-electron chi connectivity index (χ0n) is 16.9. The quantitative estimate of drug-likeness (QED) is 0.393. The number of hydrogen-bond donors (Lipinski definition) is 1. The van der Waals surface area contributed by atoms with Gasteiger partial charge in [-0.1, -0.05) is 48.5 Å². The molecule has 0 spiro atoms. The summed E-state index contributed by atoms with van der Waals surface area (Å²) in [6.07, 6.45) is 3.72. The van der Waals surface area contributed by atoms with Crippen molar-refractivity contribution in [2.45, 2.75) is 18.0 Å². The Labute approximate surface area is 185 Å². The third-order valence-corrected chi connectivity index (χ3v) is 5.86. The van der Waals surface area contributed by atoms with E-state index in [0.717, 1.165) is 28.1 Å². The van der Waals surface area contributed by atoms with Crippen molar-refractivity contribution in [1.82, 2.24) is 15.1 Å². The molecular formula is C25H22FN3OS. The number of halogens is 1. The maximum atomic E-state index is 13.0. The summed E-state index contributed by atoms with van der Waals surface area (Å²) in [5, 5.41) is 7.23. The maximum absolute atomic E-state index is 13.0. The van der Waals surface area contributed by atoms with Crippen molar-refractivity contribution >= 4 is 17.7 Å². The molecule has 0 aliphatic rings. The number of nitrogens with zero attached hydrogens (tertiary/aromatic N) is 2. The van der Waals surface area contributed by atoms with Crippen molar-refractivity contribution in [3.8, 4) is 11.1 Å². The highest BCUT2D eigenvalue weighted by molar-refractivity contribution is 8.00. The fraction of sp³-hybridized carbons (Fsp3) is 0.120. The molecule has 0 atom stereocenters. The van der Waals surface area contributed by atoms with E-state index in [-0.39, 0.29) is 17.5 Å². The monoisotopic (exact) mass is 431 g/mol. The maximum Gasteiger partial charge on any atom is 0.230 e. The molecule has 1 N–H and O–H groups in total. The lowest BCUT2D eigenvalue weighted by Gasteiger charge is -2.12. The molecule has 0 saturated carbocycles. The summed E-state index contributed by atoms with van der Waals surface area (Å²) in [5.41, 5.74) is 4.44.